The Hall–Kier alpha value is -2.58. The van der Waals surface area contributed by atoms with Crippen LogP contribution in [0.1, 0.15) is 15.9 Å². The summed E-state index contributed by atoms with van der Waals surface area (Å²) in [6.07, 6.45) is 1.32. The maximum atomic E-state index is 13.8. The Balaban J connectivity index is 1.94. The third kappa shape index (κ3) is 3.98. The van der Waals surface area contributed by atoms with E-state index in [-0.39, 0.29) is 6.42 Å². The average molecular weight is 470 g/mol. The van der Waals surface area contributed by atoms with Gasteiger partial charge in [0, 0.05) is 22.5 Å². The molecule has 1 heterocycles. The van der Waals surface area contributed by atoms with Gasteiger partial charge in [-0.25, -0.2) is 13.6 Å². The monoisotopic (exact) mass is 468 g/mol. The number of hydrogen-bond acceptors (Lipinski definition) is 3. The summed E-state index contributed by atoms with van der Waals surface area (Å²) < 4.78 is 28.3. The molecule has 3 aromatic rings. The number of halogens is 4. The highest BCUT2D eigenvalue weighted by Gasteiger charge is 2.26. The highest BCUT2D eigenvalue weighted by atomic mass is 79.9. The molecule has 1 atom stereocenters. The fraction of sp³-hybridized carbons (Fsp3) is 0.105. The molecule has 28 heavy (non-hydrogen) atoms. The first-order valence-electron chi connectivity index (χ1n) is 7.99. The minimum absolute atomic E-state index is 0.158. The Morgan fingerprint density at radius 3 is 2.50 bits per heavy atom. The maximum absolute atomic E-state index is 13.8. The van der Waals surface area contributed by atoms with Crippen LogP contribution in [0.3, 0.4) is 0 Å². The molecule has 9 heteroatoms. The van der Waals surface area contributed by atoms with Crippen LogP contribution in [0.25, 0.3) is 10.9 Å². The van der Waals surface area contributed by atoms with Gasteiger partial charge in [0.15, 0.2) is 0 Å². The second-order valence-corrected chi connectivity index (χ2v) is 7.15. The molecule has 0 aliphatic carbocycles. The second kappa shape index (κ2) is 8.20. The van der Waals surface area contributed by atoms with Gasteiger partial charge < -0.3 is 10.4 Å². The lowest BCUT2D eigenvalue weighted by molar-refractivity contribution is -0.139. The Bertz CT molecular complexity index is 1070. The van der Waals surface area contributed by atoms with Gasteiger partial charge in [0.1, 0.15) is 23.2 Å². The van der Waals surface area contributed by atoms with E-state index in [1.54, 1.807) is 18.2 Å². The van der Waals surface area contributed by atoms with E-state index in [4.69, 9.17) is 11.6 Å². The molecule has 0 bridgehead atoms. The van der Waals surface area contributed by atoms with E-state index in [0.29, 0.717) is 26.0 Å². The number of nitrogens with zero attached hydrogens (tertiary/aromatic N) is 1. The first-order chi connectivity index (χ1) is 13.3. The molecule has 0 saturated carbocycles. The van der Waals surface area contributed by atoms with Crippen LogP contribution in [0, 0.1) is 11.6 Å². The van der Waals surface area contributed by atoms with Crippen molar-refractivity contribution in [2.45, 2.75) is 12.5 Å². The molecule has 0 aliphatic rings. The summed E-state index contributed by atoms with van der Waals surface area (Å²) in [6.45, 7) is 0. The molecule has 144 valence electrons. The number of pyridine rings is 1. The lowest BCUT2D eigenvalue weighted by Gasteiger charge is -2.17. The van der Waals surface area contributed by atoms with Gasteiger partial charge in [-0.15, -0.1) is 0 Å². The quantitative estimate of drug-likeness (QED) is 0.582. The number of fused-ring (bicyclic) bond motifs is 1. The van der Waals surface area contributed by atoms with E-state index < -0.39 is 35.1 Å². The van der Waals surface area contributed by atoms with Gasteiger partial charge in [0.2, 0.25) is 0 Å². The minimum Gasteiger partial charge on any atom is -0.480 e. The Kier molecular flexibility index (Phi) is 5.90. The van der Waals surface area contributed by atoms with Gasteiger partial charge >= 0.3 is 5.97 Å². The van der Waals surface area contributed by atoms with Crippen molar-refractivity contribution in [3.63, 3.8) is 0 Å². The molecule has 0 aliphatic heterocycles. The number of hydrogen-bond donors (Lipinski definition) is 2. The Morgan fingerprint density at radius 1 is 1.18 bits per heavy atom. The first-order valence-corrected chi connectivity index (χ1v) is 9.16. The summed E-state index contributed by atoms with van der Waals surface area (Å²) in [7, 11) is 0. The van der Waals surface area contributed by atoms with Crippen molar-refractivity contribution in [1.82, 2.24) is 10.3 Å². The number of aromatic nitrogens is 1. The number of amides is 1. The number of rotatable bonds is 5. The van der Waals surface area contributed by atoms with Crippen LogP contribution in [0.15, 0.2) is 47.1 Å². The van der Waals surface area contributed by atoms with Crippen LogP contribution >= 0.6 is 27.5 Å². The van der Waals surface area contributed by atoms with Crippen molar-refractivity contribution in [2.75, 3.05) is 0 Å². The third-order valence-electron chi connectivity index (χ3n) is 4.09. The first kappa shape index (κ1) is 20.2. The van der Waals surface area contributed by atoms with Crippen LogP contribution in [-0.4, -0.2) is 28.0 Å². The van der Waals surface area contributed by atoms with E-state index in [1.165, 1.54) is 6.20 Å². The summed E-state index contributed by atoms with van der Waals surface area (Å²) in [5.74, 6) is -4.67. The molecule has 0 unspecified atom stereocenters. The smallest absolute Gasteiger partial charge is 0.326 e. The number of aliphatic carboxylic acids is 1. The van der Waals surface area contributed by atoms with Gasteiger partial charge in [-0.1, -0.05) is 39.7 Å². The molecule has 1 aromatic heterocycles. The van der Waals surface area contributed by atoms with E-state index in [9.17, 15) is 23.5 Å². The zero-order valence-electron chi connectivity index (χ0n) is 14.0. The van der Waals surface area contributed by atoms with Crippen LogP contribution < -0.4 is 5.32 Å². The number of benzene rings is 2. The predicted molar refractivity (Wildman–Crippen MR) is 103 cm³/mol. The van der Waals surface area contributed by atoms with E-state index in [2.05, 4.69) is 26.2 Å². The highest BCUT2D eigenvalue weighted by molar-refractivity contribution is 9.10. The standard InChI is InChI=1S/C19H12BrClF2N2O3/c20-10-5-4-9(17-15(10)11(21)6-7-24-17)8-14(19(27)28)25-18(26)16-12(22)2-1-3-13(16)23/h1-7,14H,8H2,(H,25,26)(H,27,28)/t14-/m0/s1. The van der Waals surface area contributed by atoms with E-state index in [0.717, 1.165) is 18.2 Å². The van der Waals surface area contributed by atoms with Gasteiger partial charge in [-0.3, -0.25) is 9.78 Å². The lowest BCUT2D eigenvalue weighted by atomic mass is 10.0. The van der Waals surface area contributed by atoms with Crippen molar-refractivity contribution in [3.8, 4) is 0 Å². The van der Waals surface area contributed by atoms with Crippen molar-refractivity contribution < 1.29 is 23.5 Å². The fourth-order valence-electron chi connectivity index (χ4n) is 2.77. The van der Waals surface area contributed by atoms with Crippen molar-refractivity contribution in [1.29, 1.82) is 0 Å². The van der Waals surface area contributed by atoms with Crippen LogP contribution in [0.2, 0.25) is 5.02 Å². The normalized spacial score (nSPS) is 12.0. The molecule has 0 fully saturated rings. The molecule has 1 amide bonds. The van der Waals surface area contributed by atoms with Gasteiger partial charge in [0.05, 0.1) is 10.5 Å². The number of carbonyl (C=O) groups excluding carboxylic acids is 1. The summed E-state index contributed by atoms with van der Waals surface area (Å²) in [4.78, 5) is 28.2. The van der Waals surface area contributed by atoms with Crippen molar-refractivity contribution in [3.05, 3.63) is 74.9 Å². The van der Waals surface area contributed by atoms with E-state index in [1.807, 2.05) is 0 Å². The molecule has 0 saturated heterocycles. The molecule has 5 nitrogen and oxygen atoms in total. The summed E-state index contributed by atoms with van der Waals surface area (Å²) in [5, 5.41) is 12.7. The summed E-state index contributed by atoms with van der Waals surface area (Å²) in [5.41, 5.74) is 0.123. The van der Waals surface area contributed by atoms with Gasteiger partial charge in [-0.2, -0.15) is 0 Å². The molecular formula is C19H12BrClF2N2O3. The number of nitrogens with one attached hydrogen (secondary N) is 1. The zero-order chi connectivity index (χ0) is 20.4. The molecule has 2 aromatic carbocycles. The zero-order valence-corrected chi connectivity index (χ0v) is 16.4. The third-order valence-corrected chi connectivity index (χ3v) is 5.07. The highest BCUT2D eigenvalue weighted by Crippen LogP contribution is 2.31. The Morgan fingerprint density at radius 2 is 1.86 bits per heavy atom. The average Bonchev–Trinajstić information content (AvgIpc) is 2.63. The minimum atomic E-state index is -1.43. The summed E-state index contributed by atoms with van der Waals surface area (Å²) >= 11 is 9.56. The van der Waals surface area contributed by atoms with Crippen LogP contribution in [0.5, 0.6) is 0 Å². The van der Waals surface area contributed by atoms with Gasteiger partial charge in [-0.05, 0) is 29.8 Å². The summed E-state index contributed by atoms with van der Waals surface area (Å²) in [6, 6.07) is 6.43. The second-order valence-electron chi connectivity index (χ2n) is 5.89. The maximum Gasteiger partial charge on any atom is 0.326 e. The topological polar surface area (TPSA) is 79.3 Å². The van der Waals surface area contributed by atoms with Crippen LogP contribution in [0.4, 0.5) is 8.78 Å². The van der Waals surface area contributed by atoms with Crippen molar-refractivity contribution in [2.24, 2.45) is 0 Å². The van der Waals surface area contributed by atoms with E-state index >= 15 is 0 Å². The molecule has 3 rings (SSSR count). The molecular weight excluding hydrogens is 458 g/mol. The lowest BCUT2D eigenvalue weighted by Crippen LogP contribution is -2.43. The van der Waals surface area contributed by atoms with Crippen molar-refractivity contribution >= 4 is 50.3 Å². The SMILES string of the molecule is O=C(N[C@@H](Cc1ccc(Br)c2c(Cl)ccnc12)C(=O)O)c1c(F)cccc1F. The Labute approximate surface area is 171 Å². The fourth-order valence-corrected chi connectivity index (χ4v) is 3.67. The largest absolute Gasteiger partial charge is 0.480 e. The van der Waals surface area contributed by atoms with Gasteiger partial charge in [0.25, 0.3) is 5.91 Å². The number of carbonyl (C=O) groups is 2. The predicted octanol–water partition coefficient (Wildman–Crippen LogP) is 4.35. The number of carboxylic acids is 1. The molecule has 0 spiro atoms. The number of carboxylic acid groups (broad SMARTS) is 1. The molecule has 0 radical (unpaired) electrons. The molecule has 2 N–H and O–H groups in total. The van der Waals surface area contributed by atoms with Crippen LogP contribution in [-0.2, 0) is 11.2 Å².